The predicted octanol–water partition coefficient (Wildman–Crippen LogP) is 2.54. The fraction of sp³-hybridized carbons (Fsp3) is 0.571. The first-order valence-electron chi connectivity index (χ1n) is 5.56. The zero-order valence-corrected chi connectivity index (χ0v) is 14.3. The van der Waals surface area contributed by atoms with E-state index >= 15 is 0 Å². The monoisotopic (exact) mass is 344 g/mol. The molecule has 0 atom stereocenters. The van der Waals surface area contributed by atoms with Crippen LogP contribution in [0.4, 0.5) is 0 Å². The summed E-state index contributed by atoms with van der Waals surface area (Å²) < 4.78 is 0. The van der Waals surface area contributed by atoms with Crippen molar-refractivity contribution in [3.05, 3.63) is 23.3 Å². The summed E-state index contributed by atoms with van der Waals surface area (Å²) in [6, 6.07) is 3.35. The average Bonchev–Trinajstić information content (AvgIpc) is 2.05. The minimum atomic E-state index is -0.391. The van der Waals surface area contributed by atoms with Crippen molar-refractivity contribution in [1.29, 1.82) is 0 Å². The average molecular weight is 343 g/mol. The quantitative estimate of drug-likeness (QED) is 0.680. The van der Waals surface area contributed by atoms with Crippen molar-refractivity contribution >= 4 is 23.9 Å². The van der Waals surface area contributed by atoms with E-state index < -0.39 is 5.75 Å². The van der Waals surface area contributed by atoms with Gasteiger partial charge in [-0.15, -0.1) is 11.5 Å². The van der Waals surface area contributed by atoms with Crippen LogP contribution in [0.1, 0.15) is 55.5 Å². The molecular formula is C14H24O2Sn. The molecule has 2 radical (unpaired) electrons. The largest absolute Gasteiger partial charge is 2.00 e. The van der Waals surface area contributed by atoms with Gasteiger partial charge in [0.05, 0.1) is 0 Å². The van der Waals surface area contributed by atoms with Crippen molar-refractivity contribution in [2.45, 2.75) is 52.4 Å². The van der Waals surface area contributed by atoms with E-state index in [1.54, 1.807) is 0 Å². The summed E-state index contributed by atoms with van der Waals surface area (Å²) in [6.45, 7) is 12.0. The molecule has 0 amide bonds. The van der Waals surface area contributed by atoms with Crippen molar-refractivity contribution < 1.29 is 13.1 Å². The fourth-order valence-electron chi connectivity index (χ4n) is 1.59. The topological polar surface area (TPSA) is 46.1 Å². The summed E-state index contributed by atoms with van der Waals surface area (Å²) in [5.41, 5.74) is 1.16. The molecular weight excluding hydrogens is 319 g/mol. The Kier molecular flexibility index (Phi) is 4.97. The SMILES string of the molecule is CC(C)(C)c1cc([O-])c([O-])c(C(C)(C)C)c1.[HH].[HH].[Sn+2]. The Morgan fingerprint density at radius 3 is 1.71 bits per heavy atom. The molecule has 0 unspecified atom stereocenters. The summed E-state index contributed by atoms with van der Waals surface area (Å²) >= 11 is 0. The van der Waals surface area contributed by atoms with Gasteiger partial charge in [-0.1, -0.05) is 59.2 Å². The van der Waals surface area contributed by atoms with Crippen LogP contribution in [0.25, 0.3) is 0 Å². The van der Waals surface area contributed by atoms with Crippen molar-refractivity contribution in [3.8, 4) is 11.5 Å². The maximum Gasteiger partial charge on any atom is 2.00 e. The van der Waals surface area contributed by atoms with Gasteiger partial charge in [-0.2, -0.15) is 0 Å². The van der Waals surface area contributed by atoms with E-state index in [4.69, 9.17) is 0 Å². The predicted molar refractivity (Wildman–Crippen MR) is 72.7 cm³/mol. The number of hydrogen-bond donors (Lipinski definition) is 0. The molecule has 0 N–H and O–H groups in total. The molecule has 0 aliphatic rings. The smallest absolute Gasteiger partial charge is 0.873 e. The van der Waals surface area contributed by atoms with Crippen LogP contribution in [0, 0.1) is 0 Å². The molecule has 3 heteroatoms. The zero-order valence-electron chi connectivity index (χ0n) is 11.5. The summed E-state index contributed by atoms with van der Waals surface area (Å²) in [4.78, 5) is 0. The van der Waals surface area contributed by atoms with Crippen molar-refractivity contribution in [2.24, 2.45) is 0 Å². The van der Waals surface area contributed by atoms with Crippen LogP contribution in [0.3, 0.4) is 0 Å². The van der Waals surface area contributed by atoms with Crippen LogP contribution in [-0.4, -0.2) is 23.9 Å². The Balaban J connectivity index is -0.000000853. The number of rotatable bonds is 0. The summed E-state index contributed by atoms with van der Waals surface area (Å²) in [5, 5.41) is 23.4. The molecule has 1 aromatic carbocycles. The first kappa shape index (κ1) is 16.6. The second-order valence-corrected chi connectivity index (χ2v) is 6.35. The van der Waals surface area contributed by atoms with Gasteiger partial charge in [-0.3, -0.25) is 0 Å². The van der Waals surface area contributed by atoms with Crippen LogP contribution < -0.4 is 10.2 Å². The molecule has 0 saturated heterocycles. The summed E-state index contributed by atoms with van der Waals surface area (Å²) in [6.07, 6.45) is 0. The second-order valence-electron chi connectivity index (χ2n) is 6.35. The summed E-state index contributed by atoms with van der Waals surface area (Å²) in [7, 11) is 0. The summed E-state index contributed by atoms with van der Waals surface area (Å²) in [5.74, 6) is -0.752. The van der Waals surface area contributed by atoms with Gasteiger partial charge >= 0.3 is 23.9 Å². The minimum Gasteiger partial charge on any atom is -0.873 e. The maximum absolute atomic E-state index is 11.8. The first-order valence-corrected chi connectivity index (χ1v) is 5.56. The second kappa shape index (κ2) is 5.09. The molecule has 17 heavy (non-hydrogen) atoms. The van der Waals surface area contributed by atoms with E-state index in [-0.39, 0.29) is 43.3 Å². The van der Waals surface area contributed by atoms with Gasteiger partial charge in [0.1, 0.15) is 0 Å². The van der Waals surface area contributed by atoms with Gasteiger partial charge in [-0.25, -0.2) is 0 Å². The van der Waals surface area contributed by atoms with E-state index in [0.29, 0.717) is 5.56 Å². The third-order valence-corrected chi connectivity index (χ3v) is 2.73. The van der Waals surface area contributed by atoms with Crippen LogP contribution >= 0.6 is 0 Å². The molecule has 96 valence electrons. The normalized spacial score (nSPS) is 12.1. The third kappa shape index (κ3) is 3.80. The molecule has 0 aliphatic heterocycles. The Morgan fingerprint density at radius 1 is 0.882 bits per heavy atom. The molecule has 1 aromatic rings. The van der Waals surface area contributed by atoms with Gasteiger partial charge in [0.25, 0.3) is 0 Å². The molecule has 0 heterocycles. The van der Waals surface area contributed by atoms with E-state index in [1.807, 2.05) is 47.6 Å². The van der Waals surface area contributed by atoms with Crippen molar-refractivity contribution in [2.75, 3.05) is 0 Å². The third-order valence-electron chi connectivity index (χ3n) is 2.73. The molecule has 0 saturated carbocycles. The Bertz CT molecular complexity index is 407. The Morgan fingerprint density at radius 2 is 1.35 bits per heavy atom. The van der Waals surface area contributed by atoms with Gasteiger partial charge in [-0.05, 0) is 16.4 Å². The number of benzene rings is 1. The maximum atomic E-state index is 11.8. The van der Waals surface area contributed by atoms with Crippen molar-refractivity contribution in [3.63, 3.8) is 0 Å². The zero-order chi connectivity index (χ0) is 12.7. The fourth-order valence-corrected chi connectivity index (χ4v) is 1.59. The van der Waals surface area contributed by atoms with E-state index in [2.05, 4.69) is 0 Å². The van der Waals surface area contributed by atoms with Gasteiger partial charge in [0, 0.05) is 2.85 Å². The number of hydrogen-bond acceptors (Lipinski definition) is 2. The molecule has 0 bridgehead atoms. The molecule has 1 rings (SSSR count). The van der Waals surface area contributed by atoms with Crippen LogP contribution in [0.2, 0.25) is 0 Å². The van der Waals surface area contributed by atoms with Crippen LogP contribution in [-0.2, 0) is 10.8 Å². The van der Waals surface area contributed by atoms with E-state index in [9.17, 15) is 10.2 Å². The molecule has 0 aliphatic carbocycles. The van der Waals surface area contributed by atoms with Crippen LogP contribution in [0.15, 0.2) is 12.1 Å². The molecule has 0 aromatic heterocycles. The molecule has 2 nitrogen and oxygen atoms in total. The van der Waals surface area contributed by atoms with Gasteiger partial charge < -0.3 is 10.2 Å². The van der Waals surface area contributed by atoms with Crippen molar-refractivity contribution in [1.82, 2.24) is 0 Å². The molecule has 0 fully saturated rings. The molecule has 0 spiro atoms. The van der Waals surface area contributed by atoms with E-state index in [1.165, 1.54) is 6.07 Å². The van der Waals surface area contributed by atoms with Gasteiger partial charge in [0.15, 0.2) is 0 Å². The van der Waals surface area contributed by atoms with Gasteiger partial charge in [0.2, 0.25) is 0 Å². The van der Waals surface area contributed by atoms with Crippen LogP contribution in [0.5, 0.6) is 11.5 Å². The first-order chi connectivity index (χ1) is 7.03. The Labute approximate surface area is 124 Å². The minimum absolute atomic E-state index is 0. The standard InChI is InChI=1S/C14H22O2.Sn.2H2/c1-13(2,3)9-7-10(14(4,5)6)12(16)11(15)8-9;;;/h7-8,15-16H,1-6H3;;2*1H/q;+2;;/p-2. The Hall–Kier alpha value is -0.381. The van der Waals surface area contributed by atoms with E-state index in [0.717, 1.165) is 5.56 Å².